The van der Waals surface area contributed by atoms with Crippen molar-refractivity contribution in [3.8, 4) is 6.07 Å². The molecule has 0 aliphatic heterocycles. The highest BCUT2D eigenvalue weighted by Crippen LogP contribution is 2.75. The molecule has 3 fully saturated rings. The maximum Gasteiger partial charge on any atom is 0.178 e. The maximum atomic E-state index is 13.2. The third kappa shape index (κ3) is 2.81. The minimum Gasteiger partial charge on any atom is -0.396 e. The first-order valence-corrected chi connectivity index (χ1v) is 13.7. The molecule has 0 heterocycles. The maximum absolute atomic E-state index is 13.2. The second-order valence-electron chi connectivity index (χ2n) is 14.8. The lowest BCUT2D eigenvalue weighted by atomic mass is 9.34. The Morgan fingerprint density at radius 1 is 1.00 bits per heavy atom. The van der Waals surface area contributed by atoms with Crippen LogP contribution in [0.3, 0.4) is 0 Å². The van der Waals surface area contributed by atoms with Crippen molar-refractivity contribution in [1.82, 2.24) is 0 Å². The standard InChI is InChI=1S/C31H45NO2/c1-26(2)12-14-31(19-33)15-13-29(6)21(22(31)17-26)8-9-24-28(5)16-20(18-32)25(34)27(3,4)23(28)10-11-30(24,29)7/h8,16,22-24,33H,9-15,17,19H2,1-7H3/t22-,23-,24+,28-,29+,30+,31+/m0/s1. The number of ketones is 1. The van der Waals surface area contributed by atoms with Crippen LogP contribution in [0.5, 0.6) is 0 Å². The van der Waals surface area contributed by atoms with E-state index in [1.165, 1.54) is 12.8 Å². The normalized spacial score (nSPS) is 48.8. The van der Waals surface area contributed by atoms with Crippen molar-refractivity contribution < 1.29 is 9.90 Å². The topological polar surface area (TPSA) is 61.1 Å². The molecular formula is C31H45NO2. The Kier molecular flexibility index (Phi) is 5.07. The molecule has 0 bridgehead atoms. The third-order valence-electron chi connectivity index (χ3n) is 12.6. The number of aliphatic hydroxyl groups excluding tert-OH is 1. The zero-order valence-corrected chi connectivity index (χ0v) is 22.6. The zero-order chi connectivity index (χ0) is 24.9. The van der Waals surface area contributed by atoms with Gasteiger partial charge in [-0.3, -0.25) is 4.79 Å². The third-order valence-corrected chi connectivity index (χ3v) is 12.6. The molecule has 3 saturated carbocycles. The highest BCUT2D eigenvalue weighted by atomic mass is 16.3. The number of carbonyl (C=O) groups excluding carboxylic acids is 1. The minimum absolute atomic E-state index is 0.0363. The van der Waals surface area contributed by atoms with E-state index in [9.17, 15) is 15.2 Å². The fraction of sp³-hybridized carbons (Fsp3) is 0.806. The average Bonchev–Trinajstić information content (AvgIpc) is 2.76. The number of rotatable bonds is 1. The highest BCUT2D eigenvalue weighted by molar-refractivity contribution is 6.04. The molecule has 3 nitrogen and oxygen atoms in total. The van der Waals surface area contributed by atoms with Crippen LogP contribution in [0.1, 0.15) is 99.8 Å². The molecule has 5 aliphatic carbocycles. The number of allylic oxidation sites excluding steroid dienone is 4. The van der Waals surface area contributed by atoms with Gasteiger partial charge in [0.05, 0.1) is 5.57 Å². The molecule has 0 aromatic heterocycles. The van der Waals surface area contributed by atoms with E-state index in [2.05, 4.69) is 66.7 Å². The molecule has 0 aromatic carbocycles. The number of nitrogens with zero attached hydrogens (tertiary/aromatic N) is 1. The van der Waals surface area contributed by atoms with E-state index < -0.39 is 5.41 Å². The average molecular weight is 464 g/mol. The lowest BCUT2D eigenvalue weighted by Crippen LogP contribution is -2.63. The predicted octanol–water partition coefficient (Wildman–Crippen LogP) is 7.02. The number of fused-ring (bicyclic) bond motifs is 7. The van der Waals surface area contributed by atoms with Gasteiger partial charge in [-0.25, -0.2) is 0 Å². The molecule has 5 rings (SSSR count). The van der Waals surface area contributed by atoms with Gasteiger partial charge in [-0.15, -0.1) is 0 Å². The summed E-state index contributed by atoms with van der Waals surface area (Å²) < 4.78 is 0. The molecule has 0 spiro atoms. The largest absolute Gasteiger partial charge is 0.396 e. The summed E-state index contributed by atoms with van der Waals surface area (Å²) in [6.45, 7) is 16.7. The van der Waals surface area contributed by atoms with Crippen molar-refractivity contribution in [1.29, 1.82) is 5.26 Å². The molecule has 34 heavy (non-hydrogen) atoms. The van der Waals surface area contributed by atoms with Crippen LogP contribution in [0, 0.1) is 61.6 Å². The van der Waals surface area contributed by atoms with Gasteiger partial charge >= 0.3 is 0 Å². The van der Waals surface area contributed by atoms with E-state index in [0.29, 0.717) is 29.4 Å². The van der Waals surface area contributed by atoms with Crippen LogP contribution in [-0.4, -0.2) is 17.5 Å². The first-order chi connectivity index (χ1) is 15.7. The van der Waals surface area contributed by atoms with Crippen molar-refractivity contribution in [3.63, 3.8) is 0 Å². The van der Waals surface area contributed by atoms with Gasteiger partial charge in [0.1, 0.15) is 6.07 Å². The quantitative estimate of drug-likeness (QED) is 0.425. The smallest absolute Gasteiger partial charge is 0.178 e. The second-order valence-corrected chi connectivity index (χ2v) is 14.8. The van der Waals surface area contributed by atoms with Crippen LogP contribution in [0.15, 0.2) is 23.3 Å². The molecule has 186 valence electrons. The molecule has 0 amide bonds. The second kappa shape index (κ2) is 7.09. The van der Waals surface area contributed by atoms with E-state index >= 15 is 0 Å². The molecule has 0 radical (unpaired) electrons. The number of hydrogen-bond acceptors (Lipinski definition) is 3. The summed E-state index contributed by atoms with van der Waals surface area (Å²) in [5, 5.41) is 20.5. The molecular weight excluding hydrogens is 418 g/mol. The number of hydrogen-bond donors (Lipinski definition) is 1. The molecule has 0 saturated heterocycles. The minimum atomic E-state index is -0.493. The van der Waals surface area contributed by atoms with Gasteiger partial charge in [0.15, 0.2) is 5.78 Å². The van der Waals surface area contributed by atoms with Gasteiger partial charge in [-0.2, -0.15) is 5.26 Å². The van der Waals surface area contributed by atoms with Crippen molar-refractivity contribution in [2.45, 2.75) is 99.8 Å². The van der Waals surface area contributed by atoms with Gasteiger partial charge in [0.2, 0.25) is 0 Å². The Labute approximate surface area is 207 Å². The first kappa shape index (κ1) is 24.3. The predicted molar refractivity (Wildman–Crippen MR) is 136 cm³/mol. The van der Waals surface area contributed by atoms with Gasteiger partial charge in [-0.1, -0.05) is 66.2 Å². The lowest BCUT2D eigenvalue weighted by Gasteiger charge is -2.70. The van der Waals surface area contributed by atoms with Crippen LogP contribution < -0.4 is 0 Å². The SMILES string of the molecule is CC1(C)CC[C@]2(CO)CC[C@]3(C)C(=CC[C@@H]4[C@@]5(C)C=C(C#N)C(=O)C(C)(C)[C@@H]5CC[C@]43C)[C@@H]2C1. The number of aliphatic hydroxyl groups is 1. The van der Waals surface area contributed by atoms with Crippen molar-refractivity contribution >= 4 is 5.78 Å². The Morgan fingerprint density at radius 2 is 1.68 bits per heavy atom. The summed E-state index contributed by atoms with van der Waals surface area (Å²) in [4.78, 5) is 13.2. The number of nitriles is 1. The monoisotopic (exact) mass is 463 g/mol. The van der Waals surface area contributed by atoms with Gasteiger partial charge in [-0.05, 0) is 90.8 Å². The van der Waals surface area contributed by atoms with Crippen molar-refractivity contribution in [2.24, 2.45) is 50.2 Å². The fourth-order valence-electron chi connectivity index (χ4n) is 10.2. The van der Waals surface area contributed by atoms with Crippen LogP contribution in [-0.2, 0) is 4.79 Å². The van der Waals surface area contributed by atoms with Crippen LogP contribution >= 0.6 is 0 Å². The van der Waals surface area contributed by atoms with Gasteiger partial charge in [0.25, 0.3) is 0 Å². The summed E-state index contributed by atoms with van der Waals surface area (Å²) in [6, 6.07) is 2.27. The summed E-state index contributed by atoms with van der Waals surface area (Å²) in [5.41, 5.74) is 1.97. The van der Waals surface area contributed by atoms with Crippen LogP contribution in [0.4, 0.5) is 0 Å². The molecule has 0 aromatic rings. The van der Waals surface area contributed by atoms with Gasteiger partial charge < -0.3 is 5.11 Å². The van der Waals surface area contributed by atoms with Crippen LogP contribution in [0.2, 0.25) is 0 Å². The first-order valence-electron chi connectivity index (χ1n) is 13.7. The Bertz CT molecular complexity index is 1030. The Hall–Kier alpha value is -1.40. The molecule has 5 aliphatic rings. The summed E-state index contributed by atoms with van der Waals surface area (Å²) in [5.74, 6) is 1.20. The summed E-state index contributed by atoms with van der Waals surface area (Å²) in [6.07, 6.45) is 13.7. The van der Waals surface area contributed by atoms with E-state index in [-0.39, 0.29) is 33.4 Å². The van der Waals surface area contributed by atoms with E-state index in [1.807, 2.05) is 0 Å². The molecule has 0 unspecified atom stereocenters. The Morgan fingerprint density at radius 3 is 2.32 bits per heavy atom. The highest BCUT2D eigenvalue weighted by Gasteiger charge is 2.68. The zero-order valence-electron chi connectivity index (χ0n) is 22.6. The fourth-order valence-corrected chi connectivity index (χ4v) is 10.2. The molecule has 3 heteroatoms. The van der Waals surface area contributed by atoms with E-state index in [0.717, 1.165) is 38.5 Å². The van der Waals surface area contributed by atoms with Gasteiger partial charge in [0, 0.05) is 17.4 Å². The van der Waals surface area contributed by atoms with E-state index in [4.69, 9.17) is 0 Å². The van der Waals surface area contributed by atoms with Crippen LogP contribution in [0.25, 0.3) is 0 Å². The summed E-state index contributed by atoms with van der Waals surface area (Å²) >= 11 is 0. The summed E-state index contributed by atoms with van der Waals surface area (Å²) in [7, 11) is 0. The number of Topliss-reactive ketones (excluding diaryl/α,β-unsaturated/α-hetero) is 1. The Balaban J connectivity index is 1.64. The van der Waals surface area contributed by atoms with Crippen molar-refractivity contribution in [2.75, 3.05) is 6.61 Å². The van der Waals surface area contributed by atoms with Crippen molar-refractivity contribution in [3.05, 3.63) is 23.3 Å². The molecule has 1 N–H and O–H groups in total. The number of carbonyl (C=O) groups is 1. The lowest BCUT2D eigenvalue weighted by molar-refractivity contribution is -0.163. The molecule has 7 atom stereocenters. The van der Waals surface area contributed by atoms with E-state index in [1.54, 1.807) is 5.57 Å².